The van der Waals surface area contributed by atoms with Gasteiger partial charge in [-0.05, 0) is 67.1 Å². The lowest BCUT2D eigenvalue weighted by atomic mass is 9.78. The zero-order valence-corrected chi connectivity index (χ0v) is 17.2. The van der Waals surface area contributed by atoms with E-state index in [1.54, 1.807) is 0 Å². The van der Waals surface area contributed by atoms with Crippen LogP contribution in [0, 0.1) is 17.8 Å². The lowest BCUT2D eigenvalue weighted by Crippen LogP contribution is -2.15. The Bertz CT molecular complexity index is 489. The molecule has 3 rings (SSSR count). The Hall–Kier alpha value is -0.980. The van der Waals surface area contributed by atoms with Gasteiger partial charge >= 0.3 is 0 Å². The average Bonchev–Trinajstić information content (AvgIpc) is 2.68. The van der Waals surface area contributed by atoms with Gasteiger partial charge in [-0.3, -0.25) is 0 Å². The normalized spacial score (nSPS) is 29.5. The minimum atomic E-state index is 0.781. The molecule has 2 aliphatic carbocycles. The standard InChI is InChI=1S/C25H40O/c1-3-5-21-9-11-22(12-10-21)6-4-19-26-25-17-15-24(16-18-25)23-13-7-20(2)8-14-23/h15-18,20-23H,3-14,19H2,1-2H3. The highest BCUT2D eigenvalue weighted by atomic mass is 16.5. The number of hydrogen-bond donors (Lipinski definition) is 0. The van der Waals surface area contributed by atoms with E-state index in [9.17, 15) is 0 Å². The van der Waals surface area contributed by atoms with E-state index < -0.39 is 0 Å². The summed E-state index contributed by atoms with van der Waals surface area (Å²) in [5, 5.41) is 0. The smallest absolute Gasteiger partial charge is 0.119 e. The summed E-state index contributed by atoms with van der Waals surface area (Å²) in [5.41, 5.74) is 1.52. The summed E-state index contributed by atoms with van der Waals surface area (Å²) in [6.07, 6.45) is 16.8. The van der Waals surface area contributed by atoms with Crippen LogP contribution in [0.25, 0.3) is 0 Å². The van der Waals surface area contributed by atoms with Gasteiger partial charge in [-0.1, -0.05) is 77.3 Å². The molecule has 0 unspecified atom stereocenters. The molecule has 0 radical (unpaired) electrons. The molecule has 1 aromatic carbocycles. The van der Waals surface area contributed by atoms with Gasteiger partial charge < -0.3 is 4.74 Å². The average molecular weight is 357 g/mol. The molecule has 0 N–H and O–H groups in total. The summed E-state index contributed by atoms with van der Waals surface area (Å²) in [5.74, 6) is 4.75. The van der Waals surface area contributed by atoms with Crippen molar-refractivity contribution in [3.05, 3.63) is 29.8 Å². The van der Waals surface area contributed by atoms with Crippen LogP contribution in [0.4, 0.5) is 0 Å². The first-order valence-corrected chi connectivity index (χ1v) is 11.5. The Morgan fingerprint density at radius 3 is 2.04 bits per heavy atom. The van der Waals surface area contributed by atoms with E-state index >= 15 is 0 Å². The summed E-state index contributed by atoms with van der Waals surface area (Å²) in [7, 11) is 0. The first kappa shape index (κ1) is 19.8. The predicted octanol–water partition coefficient (Wildman–Crippen LogP) is 7.75. The van der Waals surface area contributed by atoms with Gasteiger partial charge in [-0.2, -0.15) is 0 Å². The molecular formula is C25H40O. The van der Waals surface area contributed by atoms with Crippen molar-refractivity contribution in [3.63, 3.8) is 0 Å². The molecule has 0 heterocycles. The number of ether oxygens (including phenoxy) is 1. The molecule has 1 heteroatoms. The Labute approximate surface area is 161 Å². The van der Waals surface area contributed by atoms with E-state index in [1.165, 1.54) is 82.6 Å². The summed E-state index contributed by atoms with van der Waals surface area (Å²) in [4.78, 5) is 0. The number of hydrogen-bond acceptors (Lipinski definition) is 1. The zero-order chi connectivity index (χ0) is 18.2. The van der Waals surface area contributed by atoms with Gasteiger partial charge in [0.15, 0.2) is 0 Å². The second-order valence-corrected chi connectivity index (χ2v) is 9.19. The second-order valence-electron chi connectivity index (χ2n) is 9.19. The van der Waals surface area contributed by atoms with Gasteiger partial charge in [0.05, 0.1) is 6.61 Å². The minimum absolute atomic E-state index is 0.781. The predicted molar refractivity (Wildman–Crippen MR) is 112 cm³/mol. The Balaban J connectivity index is 1.31. The van der Waals surface area contributed by atoms with Crippen LogP contribution in [0.1, 0.15) is 102 Å². The van der Waals surface area contributed by atoms with E-state index in [1.807, 2.05) is 0 Å². The van der Waals surface area contributed by atoms with Crippen LogP contribution in [0.2, 0.25) is 0 Å². The topological polar surface area (TPSA) is 9.23 Å². The third-order valence-electron chi connectivity index (χ3n) is 7.06. The maximum atomic E-state index is 6.02. The lowest BCUT2D eigenvalue weighted by molar-refractivity contribution is 0.230. The highest BCUT2D eigenvalue weighted by Gasteiger charge is 2.21. The van der Waals surface area contributed by atoms with E-state index in [-0.39, 0.29) is 0 Å². The largest absolute Gasteiger partial charge is 0.494 e. The van der Waals surface area contributed by atoms with E-state index in [4.69, 9.17) is 4.74 Å². The highest BCUT2D eigenvalue weighted by Crippen LogP contribution is 2.36. The molecule has 26 heavy (non-hydrogen) atoms. The van der Waals surface area contributed by atoms with Crippen molar-refractivity contribution in [1.29, 1.82) is 0 Å². The van der Waals surface area contributed by atoms with Gasteiger partial charge in [0.2, 0.25) is 0 Å². The highest BCUT2D eigenvalue weighted by molar-refractivity contribution is 5.29. The maximum absolute atomic E-state index is 6.02. The molecule has 0 aliphatic heterocycles. The SMILES string of the molecule is CCCC1CCC(CCCOc2ccc(C3CCC(C)CC3)cc2)CC1. The van der Waals surface area contributed by atoms with Crippen LogP contribution in [0.15, 0.2) is 24.3 Å². The number of benzene rings is 1. The fourth-order valence-corrected chi connectivity index (χ4v) is 5.21. The third-order valence-corrected chi connectivity index (χ3v) is 7.06. The van der Waals surface area contributed by atoms with Gasteiger partial charge in [-0.25, -0.2) is 0 Å². The molecule has 0 spiro atoms. The molecule has 1 aromatic rings. The van der Waals surface area contributed by atoms with E-state index in [0.29, 0.717) is 0 Å². The van der Waals surface area contributed by atoms with Gasteiger partial charge in [0.1, 0.15) is 5.75 Å². The molecule has 2 aliphatic rings. The molecule has 0 amide bonds. The summed E-state index contributed by atoms with van der Waals surface area (Å²) in [6.45, 7) is 5.60. The molecular weight excluding hydrogens is 316 g/mol. The van der Waals surface area contributed by atoms with Crippen molar-refractivity contribution in [1.82, 2.24) is 0 Å². The monoisotopic (exact) mass is 356 g/mol. The van der Waals surface area contributed by atoms with Crippen LogP contribution in [-0.2, 0) is 0 Å². The first-order valence-electron chi connectivity index (χ1n) is 11.5. The van der Waals surface area contributed by atoms with Crippen molar-refractivity contribution >= 4 is 0 Å². The van der Waals surface area contributed by atoms with Crippen LogP contribution in [0.5, 0.6) is 5.75 Å². The van der Waals surface area contributed by atoms with E-state index in [0.717, 1.165) is 36.0 Å². The quantitative estimate of drug-likeness (QED) is 0.433. The van der Waals surface area contributed by atoms with Gasteiger partial charge in [0, 0.05) is 0 Å². The van der Waals surface area contributed by atoms with Crippen molar-refractivity contribution in [2.45, 2.75) is 96.8 Å². The second kappa shape index (κ2) is 10.4. The Morgan fingerprint density at radius 2 is 1.42 bits per heavy atom. The van der Waals surface area contributed by atoms with Gasteiger partial charge in [-0.15, -0.1) is 0 Å². The van der Waals surface area contributed by atoms with Crippen molar-refractivity contribution in [3.8, 4) is 5.75 Å². The Kier molecular flexibility index (Phi) is 7.89. The molecule has 2 fully saturated rings. The molecule has 0 aromatic heterocycles. The van der Waals surface area contributed by atoms with Crippen molar-refractivity contribution in [2.24, 2.45) is 17.8 Å². The molecule has 2 saturated carbocycles. The van der Waals surface area contributed by atoms with Crippen LogP contribution >= 0.6 is 0 Å². The Morgan fingerprint density at radius 1 is 0.808 bits per heavy atom. The summed E-state index contributed by atoms with van der Waals surface area (Å²) < 4.78 is 6.02. The summed E-state index contributed by atoms with van der Waals surface area (Å²) >= 11 is 0. The molecule has 0 bridgehead atoms. The fourth-order valence-electron chi connectivity index (χ4n) is 5.21. The maximum Gasteiger partial charge on any atom is 0.119 e. The lowest BCUT2D eigenvalue weighted by Gasteiger charge is -2.28. The molecule has 146 valence electrons. The van der Waals surface area contributed by atoms with Crippen LogP contribution < -0.4 is 4.74 Å². The van der Waals surface area contributed by atoms with E-state index in [2.05, 4.69) is 38.1 Å². The van der Waals surface area contributed by atoms with Crippen molar-refractivity contribution in [2.75, 3.05) is 6.61 Å². The van der Waals surface area contributed by atoms with Crippen LogP contribution in [-0.4, -0.2) is 6.61 Å². The number of rotatable bonds is 8. The molecule has 0 saturated heterocycles. The van der Waals surface area contributed by atoms with Crippen molar-refractivity contribution < 1.29 is 4.74 Å². The van der Waals surface area contributed by atoms with Crippen LogP contribution in [0.3, 0.4) is 0 Å². The zero-order valence-electron chi connectivity index (χ0n) is 17.2. The van der Waals surface area contributed by atoms with Gasteiger partial charge in [0.25, 0.3) is 0 Å². The molecule has 1 nitrogen and oxygen atoms in total. The molecule has 0 atom stereocenters. The first-order chi connectivity index (χ1) is 12.7. The minimum Gasteiger partial charge on any atom is -0.494 e. The third kappa shape index (κ3) is 6.03. The summed E-state index contributed by atoms with van der Waals surface area (Å²) in [6, 6.07) is 9.02. The fraction of sp³-hybridized carbons (Fsp3) is 0.760.